The zero-order valence-electron chi connectivity index (χ0n) is 16.6. The van der Waals surface area contributed by atoms with Crippen LogP contribution in [-0.4, -0.2) is 42.9 Å². The topological polar surface area (TPSA) is 79.0 Å². The number of nitrogens with zero attached hydrogens (tertiary/aromatic N) is 5. The number of aromatic nitrogens is 5. The minimum absolute atomic E-state index is 0. The van der Waals surface area contributed by atoms with Crippen LogP contribution in [0.5, 0.6) is 0 Å². The molecule has 0 aromatic carbocycles. The fourth-order valence-corrected chi connectivity index (χ4v) is 2.84. The van der Waals surface area contributed by atoms with E-state index in [-0.39, 0.29) is 0 Å². The maximum atomic E-state index is 6.07. The molecule has 3 aromatic rings. The van der Waals surface area contributed by atoms with Gasteiger partial charge in [-0.15, -0.1) is 12.1 Å². The molecule has 3 aromatic heterocycles. The van der Waals surface area contributed by atoms with Gasteiger partial charge in [0.1, 0.15) is 5.82 Å². The number of hydrogen-bond donors (Lipinski definition) is 1. The normalized spacial score (nSPS) is 17.9. The van der Waals surface area contributed by atoms with Crippen LogP contribution >= 0.6 is 0 Å². The Kier molecular flexibility index (Phi) is 3.97. The van der Waals surface area contributed by atoms with Gasteiger partial charge in [0, 0.05) is 19.9 Å². The Labute approximate surface area is 152 Å². The molecule has 27 heavy (non-hydrogen) atoms. The van der Waals surface area contributed by atoms with E-state index in [1.807, 2.05) is 47.9 Å². The number of nitrogens with one attached hydrogen (secondary N) is 1. The molecule has 0 atom stereocenters. The monoisotopic (exact) mass is 620 g/mol. The summed E-state index contributed by atoms with van der Waals surface area (Å²) < 4.78 is 15.6. The van der Waals surface area contributed by atoms with E-state index in [1.165, 1.54) is 0 Å². The summed E-state index contributed by atoms with van der Waals surface area (Å²) in [6.45, 7) is 8.10. The summed E-state index contributed by atoms with van der Waals surface area (Å²) in [5.74, 6) is 1.46. The molecule has 138 valence electrons. The molecule has 0 bridgehead atoms. The summed E-state index contributed by atoms with van der Waals surface area (Å²) in [6.07, 6.45) is 1.74. The van der Waals surface area contributed by atoms with Crippen LogP contribution in [0, 0.1) is 6.07 Å². The minimum Gasteiger partial charge on any atom is -0.398 e. The molecule has 4 rings (SSSR count). The van der Waals surface area contributed by atoms with Gasteiger partial charge in [-0.25, -0.2) is 5.10 Å². The quantitative estimate of drug-likeness (QED) is 0.354. The van der Waals surface area contributed by atoms with Crippen molar-refractivity contribution in [1.82, 2.24) is 24.5 Å². The average molecular weight is 620 g/mol. The molecule has 8 nitrogen and oxygen atoms in total. The molecule has 1 N–H and O–H groups in total. The van der Waals surface area contributed by atoms with Crippen molar-refractivity contribution in [3.63, 3.8) is 0 Å². The van der Waals surface area contributed by atoms with Crippen LogP contribution in [0.25, 0.3) is 11.0 Å². The van der Waals surface area contributed by atoms with Gasteiger partial charge in [0.25, 0.3) is 0 Å². The standard InChI is InChI=1S/C17H22BN6O2.Rf/c1-16(2)17(3,4)26-18(25-16)12-9-14(23(5)22-12)20-13-8-7-11-10-19-24(6)15(11)21-13;/h8-10H,1-6H3,(H,20,21);/q-1;. The van der Waals surface area contributed by atoms with Gasteiger partial charge in [0.15, 0.2) is 0 Å². The Bertz CT molecular complexity index is 967. The summed E-state index contributed by atoms with van der Waals surface area (Å²) >= 11 is 0. The van der Waals surface area contributed by atoms with Crippen molar-refractivity contribution in [3.05, 3.63) is 24.4 Å². The van der Waals surface area contributed by atoms with Crippen LogP contribution in [0.4, 0.5) is 11.6 Å². The Hall–Kier alpha value is -3.39. The number of anilines is 2. The molecule has 4 heterocycles. The molecule has 0 spiro atoms. The first kappa shape index (κ1) is 18.4. The van der Waals surface area contributed by atoms with Gasteiger partial charge in [-0.3, -0.25) is 4.68 Å². The van der Waals surface area contributed by atoms with Gasteiger partial charge in [-0.05, 0) is 40.0 Å². The van der Waals surface area contributed by atoms with Crippen molar-refractivity contribution in [2.45, 2.75) is 38.9 Å². The Morgan fingerprint density at radius 2 is 1.78 bits per heavy atom. The largest absolute Gasteiger partial charge is 0.516 e. The third-order valence-electron chi connectivity index (χ3n) is 5.15. The summed E-state index contributed by atoms with van der Waals surface area (Å²) in [5, 5.41) is 12.9. The molecule has 1 aliphatic rings. The summed E-state index contributed by atoms with van der Waals surface area (Å²) in [5.41, 5.74) is 0.691. The van der Waals surface area contributed by atoms with Crippen LogP contribution in [0.2, 0.25) is 0 Å². The van der Waals surface area contributed by atoms with E-state index in [1.54, 1.807) is 21.6 Å². The summed E-state index contributed by atoms with van der Waals surface area (Å²) in [7, 11) is 3.22. The van der Waals surface area contributed by atoms with E-state index < -0.39 is 18.3 Å². The first-order chi connectivity index (χ1) is 12.2. The second-order valence-electron chi connectivity index (χ2n) is 7.58. The second kappa shape index (κ2) is 5.82. The molecule has 0 unspecified atom stereocenters. The molecule has 0 saturated carbocycles. The van der Waals surface area contributed by atoms with Gasteiger partial charge in [-0.2, -0.15) is 5.10 Å². The third kappa shape index (κ3) is 2.90. The van der Waals surface area contributed by atoms with Crippen LogP contribution in [-0.2, 0) is 23.4 Å². The molecule has 1 aliphatic heterocycles. The minimum atomic E-state index is -0.499. The number of rotatable bonds is 3. The van der Waals surface area contributed by atoms with E-state index in [0.29, 0.717) is 5.82 Å². The Morgan fingerprint density at radius 3 is 2.44 bits per heavy atom. The van der Waals surface area contributed by atoms with Gasteiger partial charge in [-0.1, -0.05) is 5.39 Å². The maximum Gasteiger partial charge on any atom is 0.516 e. The van der Waals surface area contributed by atoms with E-state index in [4.69, 9.17) is 9.31 Å². The van der Waals surface area contributed by atoms with Crippen molar-refractivity contribution >= 4 is 35.4 Å². The fraction of sp³-hybridized carbons (Fsp3) is 0.471. The van der Waals surface area contributed by atoms with Gasteiger partial charge >= 0.3 is 7.12 Å². The molecule has 0 amide bonds. The Balaban J connectivity index is 0.00000210. The summed E-state index contributed by atoms with van der Waals surface area (Å²) in [4.78, 5) is 4.58. The molecule has 0 radical (unpaired) electrons. The van der Waals surface area contributed by atoms with E-state index >= 15 is 0 Å². The molecular formula is C17H22BN6O2Rf-. The zero-order chi connectivity index (χ0) is 18.7. The van der Waals surface area contributed by atoms with Crippen LogP contribution in [0.1, 0.15) is 27.7 Å². The molecule has 0 aliphatic carbocycles. The van der Waals surface area contributed by atoms with Crippen LogP contribution in [0.15, 0.2) is 18.3 Å². The van der Waals surface area contributed by atoms with Crippen molar-refractivity contribution in [3.8, 4) is 0 Å². The van der Waals surface area contributed by atoms with Crippen molar-refractivity contribution in [1.29, 1.82) is 0 Å². The van der Waals surface area contributed by atoms with E-state index in [0.717, 1.165) is 22.4 Å². The first-order valence-electron chi connectivity index (χ1n) is 8.53. The van der Waals surface area contributed by atoms with Gasteiger partial charge in [0.05, 0.1) is 22.4 Å². The fourth-order valence-electron chi connectivity index (χ4n) is 2.84. The average Bonchev–Trinajstić information content (AvgIpc) is 3.16. The zero-order valence-corrected chi connectivity index (χ0v) is 23.0. The smallest absolute Gasteiger partial charge is 0.398 e. The van der Waals surface area contributed by atoms with Crippen molar-refractivity contribution in [2.24, 2.45) is 14.1 Å². The van der Waals surface area contributed by atoms with Crippen molar-refractivity contribution < 1.29 is 9.31 Å². The Morgan fingerprint density at radius 1 is 1.11 bits per heavy atom. The van der Waals surface area contributed by atoms with E-state index in [9.17, 15) is 0 Å². The number of pyridine rings is 1. The molecule has 1 fully saturated rings. The van der Waals surface area contributed by atoms with E-state index in [2.05, 4.69) is 26.6 Å². The number of hydrogen-bond acceptors (Lipinski definition) is 6. The number of fused-ring (bicyclic) bond motifs is 1. The van der Waals surface area contributed by atoms with Crippen molar-refractivity contribution in [2.75, 3.05) is 5.32 Å². The first-order valence-corrected chi connectivity index (χ1v) is 8.53. The van der Waals surface area contributed by atoms with Crippen LogP contribution < -0.4 is 10.9 Å². The van der Waals surface area contributed by atoms with Crippen LogP contribution in [0.3, 0.4) is 0 Å². The second-order valence-corrected chi connectivity index (χ2v) is 7.58. The SMILES string of the molecule is Cn1nc(B2OC(C)(C)C(C)(C)O2)cc1Nc1c[c-]c2cnn(C)c2n1.[Rf]. The molecule has 1 saturated heterocycles. The third-order valence-corrected chi connectivity index (χ3v) is 5.15. The van der Waals surface area contributed by atoms with Gasteiger partial charge in [0.2, 0.25) is 0 Å². The molecular weight excluding hydrogens is 598 g/mol. The predicted molar refractivity (Wildman–Crippen MR) is 99.6 cm³/mol. The van der Waals surface area contributed by atoms with Gasteiger partial charge < -0.3 is 24.3 Å². The summed E-state index contributed by atoms with van der Waals surface area (Å²) in [6, 6.07) is 6.89. The number of aryl methyl sites for hydroxylation is 2. The predicted octanol–water partition coefficient (Wildman–Crippen LogP) is 1.54. The maximum absolute atomic E-state index is 6.07. The molecule has 10 heteroatoms.